The van der Waals surface area contributed by atoms with Gasteiger partial charge in [0.05, 0.1) is 16.3 Å². The smallest absolute Gasteiger partial charge is 0.330 e. The van der Waals surface area contributed by atoms with E-state index in [1.807, 2.05) is 0 Å². The summed E-state index contributed by atoms with van der Waals surface area (Å²) in [6.07, 6.45) is 1.23. The number of rotatable bonds is 2. The Bertz CT molecular complexity index is 698. The zero-order valence-corrected chi connectivity index (χ0v) is 14.6. The van der Waals surface area contributed by atoms with Gasteiger partial charge in [-0.2, -0.15) is 5.10 Å². The predicted octanol–water partition coefficient (Wildman–Crippen LogP) is 2.15. The van der Waals surface area contributed by atoms with Gasteiger partial charge in [-0.25, -0.2) is 4.79 Å². The van der Waals surface area contributed by atoms with Gasteiger partial charge in [0.2, 0.25) is 5.91 Å². The summed E-state index contributed by atoms with van der Waals surface area (Å²) >= 11 is 12.0. The van der Waals surface area contributed by atoms with Gasteiger partial charge in [0, 0.05) is 26.3 Å². The van der Waals surface area contributed by atoms with E-state index in [9.17, 15) is 14.4 Å². The molecule has 0 spiro atoms. The summed E-state index contributed by atoms with van der Waals surface area (Å²) in [4.78, 5) is 38.6. The first-order chi connectivity index (χ1) is 11.2. The molecule has 0 aliphatic carbocycles. The standard InChI is InChI=1S/C14H14Cl2N4O4/c1-8(21)18-14(20(9(2)22)24-10(3)23)19-17-7-11-12(15)5-4-6-13(11)16/h4-7H,1-3H3,(H,18,19,21). The number of nitrogens with one attached hydrogen (secondary N) is 1. The van der Waals surface area contributed by atoms with E-state index < -0.39 is 17.8 Å². The predicted molar refractivity (Wildman–Crippen MR) is 89.6 cm³/mol. The lowest BCUT2D eigenvalue weighted by Gasteiger charge is -2.19. The third-order valence-corrected chi connectivity index (χ3v) is 2.98. The fourth-order valence-electron chi connectivity index (χ4n) is 1.43. The first-order valence-electron chi connectivity index (χ1n) is 6.54. The molecule has 2 amide bonds. The fraction of sp³-hybridized carbons (Fsp3) is 0.214. The van der Waals surface area contributed by atoms with Crippen molar-refractivity contribution in [2.45, 2.75) is 20.8 Å². The number of benzene rings is 1. The molecule has 0 radical (unpaired) electrons. The van der Waals surface area contributed by atoms with E-state index in [2.05, 4.69) is 15.5 Å². The fourth-order valence-corrected chi connectivity index (χ4v) is 1.93. The lowest BCUT2D eigenvalue weighted by molar-refractivity contribution is -0.179. The number of carbonyl (C=O) groups is 3. The maximum absolute atomic E-state index is 11.6. The van der Waals surface area contributed by atoms with Crippen LogP contribution in [0.2, 0.25) is 10.0 Å². The molecule has 128 valence electrons. The van der Waals surface area contributed by atoms with Gasteiger partial charge in [-0.1, -0.05) is 29.3 Å². The Hall–Kier alpha value is -2.45. The van der Waals surface area contributed by atoms with Gasteiger partial charge in [0.25, 0.3) is 11.9 Å². The molecule has 0 saturated carbocycles. The molecule has 0 fully saturated rings. The quantitative estimate of drug-likeness (QED) is 0.488. The molecule has 0 saturated heterocycles. The maximum atomic E-state index is 11.6. The van der Waals surface area contributed by atoms with Crippen LogP contribution in [-0.2, 0) is 19.2 Å². The van der Waals surface area contributed by atoms with Gasteiger partial charge in [-0.3, -0.25) is 14.9 Å². The number of nitrogens with zero attached hydrogens (tertiary/aromatic N) is 3. The van der Waals surface area contributed by atoms with Crippen LogP contribution in [0.25, 0.3) is 0 Å². The third-order valence-electron chi connectivity index (χ3n) is 2.33. The summed E-state index contributed by atoms with van der Waals surface area (Å²) in [5.41, 5.74) is 0.397. The second-order valence-electron chi connectivity index (χ2n) is 4.38. The van der Waals surface area contributed by atoms with Crippen LogP contribution in [0.5, 0.6) is 0 Å². The Kier molecular flexibility index (Phi) is 7.34. The Morgan fingerprint density at radius 1 is 1.17 bits per heavy atom. The van der Waals surface area contributed by atoms with Crippen molar-refractivity contribution in [3.05, 3.63) is 33.8 Å². The number of amides is 2. The highest BCUT2D eigenvalue weighted by molar-refractivity contribution is 6.38. The van der Waals surface area contributed by atoms with Crippen LogP contribution in [0.4, 0.5) is 0 Å². The largest absolute Gasteiger partial charge is 0.331 e. The van der Waals surface area contributed by atoms with Gasteiger partial charge < -0.3 is 4.84 Å². The normalized spacial score (nSPS) is 11.3. The number of halogens is 2. The van der Waals surface area contributed by atoms with Crippen LogP contribution in [0, 0.1) is 0 Å². The SMILES string of the molecule is CC(=O)NC(=NN=Cc1c(Cl)cccc1Cl)N(OC(C)=O)C(C)=O. The van der Waals surface area contributed by atoms with Gasteiger partial charge in [0.1, 0.15) is 0 Å². The molecule has 0 aliphatic heterocycles. The van der Waals surface area contributed by atoms with E-state index in [-0.39, 0.29) is 5.96 Å². The van der Waals surface area contributed by atoms with Crippen LogP contribution < -0.4 is 5.32 Å². The summed E-state index contributed by atoms with van der Waals surface area (Å²) < 4.78 is 0. The molecule has 8 nitrogen and oxygen atoms in total. The average Bonchev–Trinajstić information content (AvgIpc) is 2.46. The van der Waals surface area contributed by atoms with Crippen LogP contribution in [-0.4, -0.2) is 35.0 Å². The molecule has 24 heavy (non-hydrogen) atoms. The summed E-state index contributed by atoms with van der Waals surface area (Å²) in [5.74, 6) is -2.40. The summed E-state index contributed by atoms with van der Waals surface area (Å²) in [6.45, 7) is 3.40. The lowest BCUT2D eigenvalue weighted by Crippen LogP contribution is -2.46. The number of hydrogen-bond donors (Lipinski definition) is 1. The number of hydrogen-bond acceptors (Lipinski definition) is 6. The van der Waals surface area contributed by atoms with Crippen molar-refractivity contribution in [2.24, 2.45) is 10.2 Å². The molecular formula is C14H14Cl2N4O4. The zero-order valence-electron chi connectivity index (χ0n) is 13.0. The first-order valence-corrected chi connectivity index (χ1v) is 7.29. The molecular weight excluding hydrogens is 359 g/mol. The van der Waals surface area contributed by atoms with E-state index in [0.29, 0.717) is 20.7 Å². The monoisotopic (exact) mass is 372 g/mol. The second kappa shape index (κ2) is 8.99. The average molecular weight is 373 g/mol. The Morgan fingerprint density at radius 2 is 1.75 bits per heavy atom. The molecule has 0 bridgehead atoms. The minimum absolute atomic E-state index is 0.339. The summed E-state index contributed by atoms with van der Waals surface area (Å²) in [6, 6.07) is 4.87. The Balaban J connectivity index is 3.17. The minimum atomic E-state index is -0.777. The maximum Gasteiger partial charge on any atom is 0.330 e. The van der Waals surface area contributed by atoms with Crippen molar-refractivity contribution >= 4 is 53.2 Å². The van der Waals surface area contributed by atoms with Crippen molar-refractivity contribution in [1.29, 1.82) is 0 Å². The topological polar surface area (TPSA) is 100 Å². The van der Waals surface area contributed by atoms with Gasteiger partial charge in [0.15, 0.2) is 0 Å². The van der Waals surface area contributed by atoms with Crippen LogP contribution in [0.15, 0.2) is 28.4 Å². The lowest BCUT2D eigenvalue weighted by atomic mass is 10.2. The molecule has 0 unspecified atom stereocenters. The van der Waals surface area contributed by atoms with E-state index in [4.69, 9.17) is 28.0 Å². The Morgan fingerprint density at radius 3 is 2.21 bits per heavy atom. The van der Waals surface area contributed by atoms with Crippen molar-refractivity contribution in [2.75, 3.05) is 0 Å². The summed E-state index contributed by atoms with van der Waals surface area (Å²) in [7, 11) is 0. The van der Waals surface area contributed by atoms with Crippen molar-refractivity contribution in [3.63, 3.8) is 0 Å². The highest BCUT2D eigenvalue weighted by atomic mass is 35.5. The first kappa shape index (κ1) is 19.6. The molecule has 0 aromatic heterocycles. The third kappa shape index (κ3) is 5.98. The number of hydroxylamine groups is 2. The molecule has 0 atom stereocenters. The molecule has 1 rings (SSSR count). The zero-order chi connectivity index (χ0) is 18.3. The molecule has 0 heterocycles. The number of carbonyl (C=O) groups excluding carboxylic acids is 3. The summed E-state index contributed by atoms with van der Waals surface area (Å²) in [5, 5.41) is 10.8. The molecule has 1 aromatic carbocycles. The van der Waals surface area contributed by atoms with Gasteiger partial charge in [-0.15, -0.1) is 10.2 Å². The molecule has 1 N–H and O–H groups in total. The van der Waals surface area contributed by atoms with Gasteiger partial charge >= 0.3 is 5.97 Å². The van der Waals surface area contributed by atoms with Gasteiger partial charge in [-0.05, 0) is 12.1 Å². The van der Waals surface area contributed by atoms with E-state index in [0.717, 1.165) is 13.8 Å². The highest BCUT2D eigenvalue weighted by Gasteiger charge is 2.21. The van der Waals surface area contributed by atoms with E-state index >= 15 is 0 Å². The van der Waals surface area contributed by atoms with Crippen LogP contribution in [0.3, 0.4) is 0 Å². The van der Waals surface area contributed by atoms with Crippen molar-refractivity contribution in [1.82, 2.24) is 10.4 Å². The minimum Gasteiger partial charge on any atom is -0.331 e. The van der Waals surface area contributed by atoms with E-state index in [1.165, 1.54) is 13.1 Å². The molecule has 1 aromatic rings. The van der Waals surface area contributed by atoms with Crippen molar-refractivity contribution in [3.8, 4) is 0 Å². The van der Waals surface area contributed by atoms with Crippen LogP contribution in [0.1, 0.15) is 26.3 Å². The Labute approximate surface area is 148 Å². The molecule has 0 aliphatic rings. The van der Waals surface area contributed by atoms with E-state index in [1.54, 1.807) is 18.2 Å². The van der Waals surface area contributed by atoms with Crippen LogP contribution >= 0.6 is 23.2 Å². The molecule has 10 heteroatoms. The number of guanidine groups is 1. The van der Waals surface area contributed by atoms with Crippen molar-refractivity contribution < 1.29 is 19.2 Å². The highest BCUT2D eigenvalue weighted by Crippen LogP contribution is 2.22. The second-order valence-corrected chi connectivity index (χ2v) is 5.20.